The van der Waals surface area contributed by atoms with Gasteiger partial charge in [0.25, 0.3) is 5.91 Å². The summed E-state index contributed by atoms with van der Waals surface area (Å²) in [4.78, 5) is 23.7. The van der Waals surface area contributed by atoms with Crippen molar-refractivity contribution in [2.24, 2.45) is 0 Å². The van der Waals surface area contributed by atoms with Crippen LogP contribution in [0.4, 0.5) is 0 Å². The molecule has 0 bridgehead atoms. The van der Waals surface area contributed by atoms with E-state index in [2.05, 4.69) is 0 Å². The molecule has 0 atom stereocenters. The number of allylic oxidation sites excluding steroid dienone is 2. The molecule has 0 aromatic carbocycles. The monoisotopic (exact) mass is 239 g/mol. The zero-order valence-corrected chi connectivity index (χ0v) is 9.62. The number of halogens is 1. The molecule has 2 heterocycles. The van der Waals surface area contributed by atoms with Crippen LogP contribution in [0.3, 0.4) is 0 Å². The number of hydrogen-bond acceptors (Lipinski definition) is 3. The molecule has 84 valence electrons. The minimum atomic E-state index is -0.404. The number of carbonyl (C=O) groups excluding carboxylic acids is 2. The minimum absolute atomic E-state index is 0.0784. The number of fused-ring (bicyclic) bond motifs is 1. The lowest BCUT2D eigenvalue weighted by atomic mass is 10.2. The first kappa shape index (κ1) is 11.0. The van der Waals surface area contributed by atoms with Crippen molar-refractivity contribution in [3.05, 3.63) is 34.8 Å². The Kier molecular flexibility index (Phi) is 2.59. The standard InChI is InChI=1S/C11H10ClNO3/c1-6(2)16-10-8(12)9(14)7-4-3-5-13(7)11(10)15/h3-6H,1-2H3. The molecule has 16 heavy (non-hydrogen) atoms. The molecule has 0 saturated carbocycles. The van der Waals surface area contributed by atoms with Gasteiger partial charge in [-0.15, -0.1) is 0 Å². The van der Waals surface area contributed by atoms with Crippen LogP contribution in [0.1, 0.15) is 29.1 Å². The molecule has 1 aromatic heterocycles. The molecule has 0 spiro atoms. The molecule has 0 N–H and O–H groups in total. The van der Waals surface area contributed by atoms with E-state index in [0.29, 0.717) is 0 Å². The fourth-order valence-electron chi connectivity index (χ4n) is 1.50. The maximum Gasteiger partial charge on any atom is 0.299 e. The summed E-state index contributed by atoms with van der Waals surface area (Å²) in [6.45, 7) is 3.53. The quantitative estimate of drug-likeness (QED) is 0.795. The van der Waals surface area contributed by atoms with Crippen LogP contribution in [-0.4, -0.2) is 22.4 Å². The first-order chi connectivity index (χ1) is 7.52. The van der Waals surface area contributed by atoms with E-state index in [1.165, 1.54) is 10.8 Å². The Morgan fingerprint density at radius 1 is 1.38 bits per heavy atom. The lowest BCUT2D eigenvalue weighted by Gasteiger charge is -2.19. The zero-order chi connectivity index (χ0) is 11.9. The zero-order valence-electron chi connectivity index (χ0n) is 8.86. The Bertz CT molecular complexity index is 499. The van der Waals surface area contributed by atoms with Gasteiger partial charge in [0.1, 0.15) is 5.03 Å². The second kappa shape index (κ2) is 3.79. The molecular weight excluding hydrogens is 230 g/mol. The fourth-order valence-corrected chi connectivity index (χ4v) is 1.72. The van der Waals surface area contributed by atoms with Gasteiger partial charge in [-0.2, -0.15) is 0 Å². The molecule has 0 saturated heterocycles. The van der Waals surface area contributed by atoms with Gasteiger partial charge in [-0.05, 0) is 26.0 Å². The molecule has 4 nitrogen and oxygen atoms in total. The third kappa shape index (κ3) is 1.55. The Hall–Kier alpha value is -1.55. The van der Waals surface area contributed by atoms with Crippen LogP contribution in [0.15, 0.2) is 29.1 Å². The van der Waals surface area contributed by atoms with Crippen LogP contribution < -0.4 is 0 Å². The molecule has 0 aliphatic carbocycles. The van der Waals surface area contributed by atoms with E-state index in [1.807, 2.05) is 0 Å². The van der Waals surface area contributed by atoms with E-state index in [1.54, 1.807) is 26.0 Å². The molecule has 0 radical (unpaired) electrons. The maximum atomic E-state index is 11.9. The predicted molar refractivity (Wildman–Crippen MR) is 58.5 cm³/mol. The van der Waals surface area contributed by atoms with Crippen molar-refractivity contribution < 1.29 is 14.3 Å². The van der Waals surface area contributed by atoms with E-state index in [9.17, 15) is 9.59 Å². The SMILES string of the molecule is CC(C)OC1=C(Cl)C(=O)c2cccn2C1=O. The van der Waals surface area contributed by atoms with E-state index < -0.39 is 5.91 Å². The van der Waals surface area contributed by atoms with Gasteiger partial charge < -0.3 is 4.74 Å². The molecule has 0 fully saturated rings. The summed E-state index contributed by atoms with van der Waals surface area (Å²) in [5.41, 5.74) is 0.270. The van der Waals surface area contributed by atoms with Crippen molar-refractivity contribution in [1.29, 1.82) is 0 Å². The third-order valence-corrected chi connectivity index (χ3v) is 2.49. The smallest absolute Gasteiger partial charge is 0.299 e. The Morgan fingerprint density at radius 2 is 2.06 bits per heavy atom. The topological polar surface area (TPSA) is 48.3 Å². The summed E-state index contributed by atoms with van der Waals surface area (Å²) >= 11 is 5.83. The number of ketones is 1. The van der Waals surface area contributed by atoms with Crippen LogP contribution >= 0.6 is 11.6 Å². The van der Waals surface area contributed by atoms with Gasteiger partial charge in [-0.1, -0.05) is 11.6 Å². The van der Waals surface area contributed by atoms with E-state index in [-0.39, 0.29) is 28.4 Å². The lowest BCUT2D eigenvalue weighted by molar-refractivity contribution is 0.0723. The molecule has 1 aliphatic rings. The second-order valence-corrected chi connectivity index (χ2v) is 4.09. The van der Waals surface area contributed by atoms with Crippen LogP contribution in [0.25, 0.3) is 0 Å². The first-order valence-electron chi connectivity index (χ1n) is 4.85. The molecule has 0 unspecified atom stereocenters. The second-order valence-electron chi connectivity index (χ2n) is 3.71. The van der Waals surface area contributed by atoms with Gasteiger partial charge in [0.2, 0.25) is 11.5 Å². The van der Waals surface area contributed by atoms with Gasteiger partial charge in [0.05, 0.1) is 11.8 Å². The van der Waals surface area contributed by atoms with Crippen LogP contribution in [0, 0.1) is 0 Å². The summed E-state index contributed by atoms with van der Waals surface area (Å²) in [6.07, 6.45) is 1.31. The van der Waals surface area contributed by atoms with E-state index >= 15 is 0 Å². The average Bonchev–Trinajstić information content (AvgIpc) is 2.70. The largest absolute Gasteiger partial charge is 0.484 e. The number of aromatic nitrogens is 1. The normalized spacial score (nSPS) is 15.8. The van der Waals surface area contributed by atoms with Gasteiger partial charge in [0, 0.05) is 6.20 Å². The molecule has 1 aliphatic heterocycles. The molecule has 0 amide bonds. The summed E-state index contributed by atoms with van der Waals surface area (Å²) in [7, 11) is 0. The minimum Gasteiger partial charge on any atom is -0.484 e. The molecule has 2 rings (SSSR count). The number of hydrogen-bond donors (Lipinski definition) is 0. The Balaban J connectivity index is 2.50. The summed E-state index contributed by atoms with van der Waals surface area (Å²) < 4.78 is 6.51. The third-order valence-electron chi connectivity index (χ3n) is 2.15. The molecule has 5 heteroatoms. The van der Waals surface area contributed by atoms with Gasteiger partial charge >= 0.3 is 0 Å². The first-order valence-corrected chi connectivity index (χ1v) is 5.23. The van der Waals surface area contributed by atoms with E-state index in [0.717, 1.165) is 0 Å². The number of Topliss-reactive ketones (excluding diaryl/α,β-unsaturated/α-hetero) is 1. The average molecular weight is 240 g/mol. The summed E-state index contributed by atoms with van der Waals surface area (Å²) in [6, 6.07) is 3.17. The number of rotatable bonds is 2. The summed E-state index contributed by atoms with van der Waals surface area (Å²) in [5.74, 6) is -0.870. The van der Waals surface area contributed by atoms with Gasteiger partial charge in [-0.25, -0.2) is 0 Å². The van der Waals surface area contributed by atoms with Gasteiger partial charge in [-0.3, -0.25) is 14.2 Å². The lowest BCUT2D eigenvalue weighted by Crippen LogP contribution is -2.28. The number of ether oxygens (including phenoxy) is 1. The Morgan fingerprint density at radius 3 is 2.69 bits per heavy atom. The molecular formula is C11H10ClNO3. The number of carbonyl (C=O) groups is 2. The predicted octanol–water partition coefficient (Wildman–Crippen LogP) is 2.20. The van der Waals surface area contributed by atoms with Gasteiger partial charge in [0.15, 0.2) is 0 Å². The van der Waals surface area contributed by atoms with Crippen molar-refractivity contribution in [2.75, 3.05) is 0 Å². The highest BCUT2D eigenvalue weighted by molar-refractivity contribution is 6.47. The maximum absolute atomic E-state index is 11.9. The van der Waals surface area contributed by atoms with Crippen LogP contribution in [-0.2, 0) is 4.74 Å². The van der Waals surface area contributed by atoms with Crippen molar-refractivity contribution in [2.45, 2.75) is 20.0 Å². The van der Waals surface area contributed by atoms with Crippen LogP contribution in [0.2, 0.25) is 0 Å². The highest BCUT2D eigenvalue weighted by atomic mass is 35.5. The summed E-state index contributed by atoms with van der Waals surface area (Å²) in [5, 5.41) is -0.148. The molecule has 1 aromatic rings. The number of nitrogens with zero attached hydrogens (tertiary/aromatic N) is 1. The van der Waals surface area contributed by atoms with Crippen molar-refractivity contribution in [3.63, 3.8) is 0 Å². The highest BCUT2D eigenvalue weighted by Crippen LogP contribution is 2.25. The van der Waals surface area contributed by atoms with Crippen LogP contribution in [0.5, 0.6) is 0 Å². The fraction of sp³-hybridized carbons (Fsp3) is 0.273. The highest BCUT2D eigenvalue weighted by Gasteiger charge is 2.32. The Labute approximate surface area is 97.4 Å². The van der Waals surface area contributed by atoms with Crippen molar-refractivity contribution in [3.8, 4) is 0 Å². The van der Waals surface area contributed by atoms with Crippen molar-refractivity contribution >= 4 is 23.3 Å². The van der Waals surface area contributed by atoms with E-state index in [4.69, 9.17) is 16.3 Å². The van der Waals surface area contributed by atoms with Crippen molar-refractivity contribution in [1.82, 2.24) is 4.57 Å².